The molecule has 0 radical (unpaired) electrons. The van der Waals surface area contributed by atoms with Crippen LogP contribution in [0.25, 0.3) is 0 Å². The second-order valence-electron chi connectivity index (χ2n) is 4.30. The largest absolute Gasteiger partial charge is 0.393 e. The molecule has 1 rings (SSSR count). The number of nitrogens with zero attached hydrogens (tertiary/aromatic N) is 1. The van der Waals surface area contributed by atoms with Gasteiger partial charge in [0.25, 0.3) is 0 Å². The Hall–Kier alpha value is -0.860. The maximum atomic E-state index is 9.20. The molecule has 0 aliphatic heterocycles. The Labute approximate surface area is 92.5 Å². The van der Waals surface area contributed by atoms with E-state index in [0.29, 0.717) is 0 Å². The van der Waals surface area contributed by atoms with Crippen molar-refractivity contribution < 1.29 is 5.11 Å². The summed E-state index contributed by atoms with van der Waals surface area (Å²) >= 11 is 0. The molecule has 1 aromatic rings. The number of benzene rings is 1. The van der Waals surface area contributed by atoms with Gasteiger partial charge in [0.2, 0.25) is 0 Å². The van der Waals surface area contributed by atoms with Gasteiger partial charge in [-0.3, -0.25) is 0 Å². The molecule has 2 nitrogen and oxygen atoms in total. The Kier molecular flexibility index (Phi) is 4.79. The molecule has 84 valence electrons. The van der Waals surface area contributed by atoms with E-state index in [0.717, 1.165) is 19.5 Å². The molecule has 2 heteroatoms. The van der Waals surface area contributed by atoms with E-state index in [2.05, 4.69) is 43.1 Å². The summed E-state index contributed by atoms with van der Waals surface area (Å²) in [7, 11) is 2.09. The van der Waals surface area contributed by atoms with Crippen molar-refractivity contribution in [1.82, 2.24) is 4.90 Å². The van der Waals surface area contributed by atoms with Crippen LogP contribution in [0.1, 0.15) is 24.5 Å². The van der Waals surface area contributed by atoms with E-state index in [1.165, 1.54) is 11.1 Å². The molecule has 0 aromatic heterocycles. The maximum absolute atomic E-state index is 9.20. The van der Waals surface area contributed by atoms with Crippen LogP contribution in [0.2, 0.25) is 0 Å². The van der Waals surface area contributed by atoms with Gasteiger partial charge in [0.05, 0.1) is 6.10 Å². The first kappa shape index (κ1) is 12.2. The fraction of sp³-hybridized carbons (Fsp3) is 0.538. The van der Waals surface area contributed by atoms with Crippen molar-refractivity contribution in [3.05, 3.63) is 35.4 Å². The van der Waals surface area contributed by atoms with Gasteiger partial charge in [-0.05, 0) is 38.4 Å². The smallest absolute Gasteiger partial charge is 0.0524 e. The highest BCUT2D eigenvalue weighted by atomic mass is 16.3. The molecule has 15 heavy (non-hydrogen) atoms. The topological polar surface area (TPSA) is 23.5 Å². The molecule has 1 unspecified atom stereocenters. The van der Waals surface area contributed by atoms with Gasteiger partial charge < -0.3 is 10.0 Å². The molecule has 1 aromatic carbocycles. The van der Waals surface area contributed by atoms with Crippen LogP contribution in [-0.4, -0.2) is 29.7 Å². The molecule has 1 atom stereocenters. The Morgan fingerprint density at radius 1 is 1.33 bits per heavy atom. The monoisotopic (exact) mass is 207 g/mol. The molecule has 0 aliphatic rings. The number of aryl methyl sites for hydroxylation is 1. The molecular weight excluding hydrogens is 186 g/mol. The van der Waals surface area contributed by atoms with Gasteiger partial charge in [0.15, 0.2) is 0 Å². The summed E-state index contributed by atoms with van der Waals surface area (Å²) < 4.78 is 0. The molecule has 0 fully saturated rings. The zero-order valence-corrected chi connectivity index (χ0v) is 9.90. The third kappa shape index (κ3) is 4.45. The first-order chi connectivity index (χ1) is 7.09. The van der Waals surface area contributed by atoms with E-state index in [9.17, 15) is 5.11 Å². The average Bonchev–Trinajstić information content (AvgIpc) is 2.18. The summed E-state index contributed by atoms with van der Waals surface area (Å²) in [4.78, 5) is 2.25. The summed E-state index contributed by atoms with van der Waals surface area (Å²) in [6.45, 7) is 5.87. The van der Waals surface area contributed by atoms with E-state index in [1.807, 2.05) is 6.92 Å². The van der Waals surface area contributed by atoms with Gasteiger partial charge in [-0.25, -0.2) is 0 Å². The lowest BCUT2D eigenvalue weighted by atomic mass is 10.1. The van der Waals surface area contributed by atoms with E-state index in [1.54, 1.807) is 0 Å². The van der Waals surface area contributed by atoms with Crippen LogP contribution >= 0.6 is 0 Å². The Morgan fingerprint density at radius 3 is 2.60 bits per heavy atom. The number of hydrogen-bond donors (Lipinski definition) is 1. The summed E-state index contributed by atoms with van der Waals surface area (Å²) in [5.41, 5.74) is 2.70. The predicted octanol–water partition coefficient (Wildman–Crippen LogP) is 2.20. The van der Waals surface area contributed by atoms with Crippen LogP contribution in [-0.2, 0) is 6.54 Å². The summed E-state index contributed by atoms with van der Waals surface area (Å²) in [5, 5.41) is 9.20. The number of aliphatic hydroxyl groups excluding tert-OH is 1. The summed E-state index contributed by atoms with van der Waals surface area (Å²) in [6, 6.07) is 8.44. The highest BCUT2D eigenvalue weighted by Crippen LogP contribution is 2.09. The van der Waals surface area contributed by atoms with Gasteiger partial charge in [-0.1, -0.05) is 24.3 Å². The third-order valence-corrected chi connectivity index (χ3v) is 2.63. The number of aliphatic hydroxyl groups is 1. The lowest BCUT2D eigenvalue weighted by Gasteiger charge is -2.18. The first-order valence-corrected chi connectivity index (χ1v) is 5.50. The second-order valence-corrected chi connectivity index (χ2v) is 4.30. The maximum Gasteiger partial charge on any atom is 0.0524 e. The highest BCUT2D eigenvalue weighted by molar-refractivity contribution is 5.25. The van der Waals surface area contributed by atoms with Crippen LogP contribution in [0, 0.1) is 6.92 Å². The predicted molar refractivity (Wildman–Crippen MR) is 63.8 cm³/mol. The minimum absolute atomic E-state index is 0.204. The van der Waals surface area contributed by atoms with Crippen molar-refractivity contribution in [2.24, 2.45) is 0 Å². The minimum Gasteiger partial charge on any atom is -0.393 e. The molecular formula is C13H21NO. The molecule has 0 heterocycles. The SMILES string of the molecule is Cc1ccccc1CN(C)CCC(C)O. The van der Waals surface area contributed by atoms with Crippen molar-refractivity contribution >= 4 is 0 Å². The van der Waals surface area contributed by atoms with Crippen molar-refractivity contribution in [2.75, 3.05) is 13.6 Å². The minimum atomic E-state index is -0.204. The Balaban J connectivity index is 2.44. The van der Waals surface area contributed by atoms with Gasteiger partial charge in [-0.15, -0.1) is 0 Å². The molecule has 0 aliphatic carbocycles. The van der Waals surface area contributed by atoms with Crippen molar-refractivity contribution in [3.8, 4) is 0 Å². The van der Waals surface area contributed by atoms with E-state index in [-0.39, 0.29) is 6.10 Å². The van der Waals surface area contributed by atoms with Crippen LogP contribution < -0.4 is 0 Å². The molecule has 0 spiro atoms. The lowest BCUT2D eigenvalue weighted by Crippen LogP contribution is -2.22. The second kappa shape index (κ2) is 5.89. The average molecular weight is 207 g/mol. The lowest BCUT2D eigenvalue weighted by molar-refractivity contribution is 0.163. The summed E-state index contributed by atoms with van der Waals surface area (Å²) in [5.74, 6) is 0. The van der Waals surface area contributed by atoms with Crippen molar-refractivity contribution in [1.29, 1.82) is 0 Å². The van der Waals surface area contributed by atoms with E-state index >= 15 is 0 Å². The molecule has 0 saturated heterocycles. The van der Waals surface area contributed by atoms with Crippen molar-refractivity contribution in [3.63, 3.8) is 0 Å². The highest BCUT2D eigenvalue weighted by Gasteiger charge is 2.03. The van der Waals surface area contributed by atoms with Gasteiger partial charge >= 0.3 is 0 Å². The summed E-state index contributed by atoms with van der Waals surface area (Å²) in [6.07, 6.45) is 0.631. The van der Waals surface area contributed by atoms with Gasteiger partial charge in [0.1, 0.15) is 0 Å². The van der Waals surface area contributed by atoms with Gasteiger partial charge in [0, 0.05) is 13.1 Å². The fourth-order valence-electron chi connectivity index (χ4n) is 1.56. The van der Waals surface area contributed by atoms with Crippen LogP contribution in [0.5, 0.6) is 0 Å². The first-order valence-electron chi connectivity index (χ1n) is 5.50. The Morgan fingerprint density at radius 2 is 2.00 bits per heavy atom. The standard InChI is InChI=1S/C13H21NO/c1-11-6-4-5-7-13(11)10-14(3)9-8-12(2)15/h4-7,12,15H,8-10H2,1-3H3. The van der Waals surface area contributed by atoms with Crippen LogP contribution in [0.4, 0.5) is 0 Å². The molecule has 0 bridgehead atoms. The number of hydrogen-bond acceptors (Lipinski definition) is 2. The molecule has 0 amide bonds. The normalized spacial score (nSPS) is 13.1. The number of rotatable bonds is 5. The zero-order valence-electron chi connectivity index (χ0n) is 9.90. The zero-order chi connectivity index (χ0) is 11.3. The molecule has 0 saturated carbocycles. The third-order valence-electron chi connectivity index (χ3n) is 2.63. The van der Waals surface area contributed by atoms with Crippen LogP contribution in [0.3, 0.4) is 0 Å². The Bertz CT molecular complexity index is 296. The quantitative estimate of drug-likeness (QED) is 0.800. The molecule has 1 N–H and O–H groups in total. The van der Waals surface area contributed by atoms with Gasteiger partial charge in [-0.2, -0.15) is 0 Å². The van der Waals surface area contributed by atoms with Crippen molar-refractivity contribution in [2.45, 2.75) is 32.9 Å². The fourth-order valence-corrected chi connectivity index (χ4v) is 1.56. The van der Waals surface area contributed by atoms with E-state index < -0.39 is 0 Å². The van der Waals surface area contributed by atoms with Crippen LogP contribution in [0.15, 0.2) is 24.3 Å². The van der Waals surface area contributed by atoms with E-state index in [4.69, 9.17) is 0 Å².